The molecule has 0 bridgehead atoms. The summed E-state index contributed by atoms with van der Waals surface area (Å²) in [5.41, 5.74) is 3.00. The number of urea groups is 1. The topological polar surface area (TPSA) is 71.8 Å². The molecule has 0 radical (unpaired) electrons. The number of rotatable bonds is 5. The molecule has 1 aromatic carbocycles. The van der Waals surface area contributed by atoms with Gasteiger partial charge in [-0.15, -0.1) is 11.3 Å². The molecule has 0 atom stereocenters. The Morgan fingerprint density at radius 2 is 1.92 bits per heavy atom. The largest absolute Gasteiger partial charge is 0.334 e. The normalized spacial score (nSPS) is 10.6. The summed E-state index contributed by atoms with van der Waals surface area (Å²) >= 11 is 1.61. The van der Waals surface area contributed by atoms with Crippen LogP contribution < -0.4 is 10.6 Å². The van der Waals surface area contributed by atoms with Crippen LogP contribution in [0.25, 0.3) is 5.69 Å². The van der Waals surface area contributed by atoms with E-state index in [9.17, 15) is 4.79 Å². The number of aromatic nitrogens is 3. The van der Waals surface area contributed by atoms with Crippen molar-refractivity contribution in [2.75, 3.05) is 0 Å². The lowest BCUT2D eigenvalue weighted by molar-refractivity contribution is 0.240. The van der Waals surface area contributed by atoms with Crippen LogP contribution in [0.15, 0.2) is 42.7 Å². The molecule has 0 unspecified atom stereocenters. The summed E-state index contributed by atoms with van der Waals surface area (Å²) < 4.78 is 1.79. The van der Waals surface area contributed by atoms with E-state index in [2.05, 4.69) is 20.7 Å². The zero-order chi connectivity index (χ0) is 16.9. The SMILES string of the molecule is Cc1nc(C)c(CNC(=O)NCc2ccc(-n3cccn3)cc2)s1. The van der Waals surface area contributed by atoms with Crippen molar-refractivity contribution < 1.29 is 4.79 Å². The maximum atomic E-state index is 11.9. The zero-order valence-electron chi connectivity index (χ0n) is 13.6. The van der Waals surface area contributed by atoms with Gasteiger partial charge in [0.1, 0.15) is 0 Å². The lowest BCUT2D eigenvalue weighted by Crippen LogP contribution is -2.34. The number of carbonyl (C=O) groups excluding carboxylic acids is 1. The minimum absolute atomic E-state index is 0.184. The van der Waals surface area contributed by atoms with E-state index < -0.39 is 0 Å². The molecule has 24 heavy (non-hydrogen) atoms. The predicted octanol–water partition coefficient (Wildman–Crippen LogP) is 2.95. The Morgan fingerprint density at radius 1 is 1.17 bits per heavy atom. The molecule has 3 rings (SSSR count). The molecular weight excluding hydrogens is 322 g/mol. The molecule has 0 aliphatic carbocycles. The van der Waals surface area contributed by atoms with Crippen molar-refractivity contribution in [2.24, 2.45) is 0 Å². The van der Waals surface area contributed by atoms with Gasteiger partial charge in [-0.3, -0.25) is 0 Å². The first-order chi connectivity index (χ1) is 11.6. The van der Waals surface area contributed by atoms with E-state index in [-0.39, 0.29) is 6.03 Å². The summed E-state index contributed by atoms with van der Waals surface area (Å²) in [5, 5.41) is 10.9. The number of hydrogen-bond donors (Lipinski definition) is 2. The van der Waals surface area contributed by atoms with Crippen LogP contribution in [0, 0.1) is 13.8 Å². The van der Waals surface area contributed by atoms with Gasteiger partial charge >= 0.3 is 6.03 Å². The first-order valence-electron chi connectivity index (χ1n) is 7.65. The van der Waals surface area contributed by atoms with Gasteiger partial charge in [0.15, 0.2) is 0 Å². The summed E-state index contributed by atoms with van der Waals surface area (Å²) in [6, 6.07) is 9.61. The van der Waals surface area contributed by atoms with Crippen molar-refractivity contribution in [1.82, 2.24) is 25.4 Å². The number of amides is 2. The third-order valence-corrected chi connectivity index (χ3v) is 4.64. The van der Waals surface area contributed by atoms with Gasteiger partial charge in [0, 0.05) is 23.8 Å². The summed E-state index contributed by atoms with van der Waals surface area (Å²) in [6.07, 6.45) is 3.63. The highest BCUT2D eigenvalue weighted by Crippen LogP contribution is 2.16. The fourth-order valence-corrected chi connectivity index (χ4v) is 3.21. The molecule has 2 aromatic heterocycles. The van der Waals surface area contributed by atoms with Crippen LogP contribution >= 0.6 is 11.3 Å². The molecule has 124 valence electrons. The number of benzene rings is 1. The van der Waals surface area contributed by atoms with Crippen LogP contribution in [0.1, 0.15) is 21.1 Å². The molecule has 7 heteroatoms. The van der Waals surface area contributed by atoms with Gasteiger partial charge < -0.3 is 10.6 Å². The van der Waals surface area contributed by atoms with Crippen LogP contribution in [0.5, 0.6) is 0 Å². The van der Waals surface area contributed by atoms with E-state index in [1.165, 1.54) is 0 Å². The number of thiazole rings is 1. The molecule has 0 saturated heterocycles. The van der Waals surface area contributed by atoms with Gasteiger partial charge in [-0.05, 0) is 37.6 Å². The number of nitrogens with one attached hydrogen (secondary N) is 2. The second-order valence-electron chi connectivity index (χ2n) is 5.39. The van der Waals surface area contributed by atoms with Crippen molar-refractivity contribution in [2.45, 2.75) is 26.9 Å². The molecule has 3 aromatic rings. The quantitative estimate of drug-likeness (QED) is 0.749. The fourth-order valence-electron chi connectivity index (χ4n) is 2.33. The summed E-state index contributed by atoms with van der Waals surface area (Å²) in [4.78, 5) is 17.4. The Hall–Kier alpha value is -2.67. The van der Waals surface area contributed by atoms with Crippen LogP contribution in [-0.4, -0.2) is 20.8 Å². The Labute approximate surface area is 144 Å². The van der Waals surface area contributed by atoms with Gasteiger partial charge in [-0.1, -0.05) is 12.1 Å². The van der Waals surface area contributed by atoms with Crippen LogP contribution in [0.4, 0.5) is 4.79 Å². The summed E-state index contributed by atoms with van der Waals surface area (Å²) in [6.45, 7) is 4.90. The minimum Gasteiger partial charge on any atom is -0.334 e. The first kappa shape index (κ1) is 16.2. The van der Waals surface area contributed by atoms with Gasteiger partial charge in [-0.2, -0.15) is 5.10 Å². The highest BCUT2D eigenvalue weighted by atomic mass is 32.1. The average Bonchev–Trinajstić information content (AvgIpc) is 3.21. The van der Waals surface area contributed by atoms with Crippen LogP contribution in [0.2, 0.25) is 0 Å². The number of aryl methyl sites for hydroxylation is 2. The molecule has 0 spiro atoms. The van der Waals surface area contributed by atoms with Gasteiger partial charge in [-0.25, -0.2) is 14.5 Å². The molecule has 6 nitrogen and oxygen atoms in total. The van der Waals surface area contributed by atoms with Crippen molar-refractivity contribution in [3.05, 3.63) is 63.9 Å². The van der Waals surface area contributed by atoms with Gasteiger partial charge in [0.05, 0.1) is 22.9 Å². The number of hydrogen-bond acceptors (Lipinski definition) is 4. The van der Waals surface area contributed by atoms with Crippen molar-refractivity contribution in [1.29, 1.82) is 0 Å². The van der Waals surface area contributed by atoms with Crippen molar-refractivity contribution >= 4 is 17.4 Å². The second kappa shape index (κ2) is 7.27. The lowest BCUT2D eigenvalue weighted by atomic mass is 10.2. The van der Waals surface area contributed by atoms with Crippen LogP contribution in [0.3, 0.4) is 0 Å². The first-order valence-corrected chi connectivity index (χ1v) is 8.47. The fraction of sp³-hybridized carbons (Fsp3) is 0.235. The molecule has 2 amide bonds. The maximum Gasteiger partial charge on any atom is 0.315 e. The molecule has 0 saturated carbocycles. The van der Waals surface area contributed by atoms with Gasteiger partial charge in [0.2, 0.25) is 0 Å². The minimum atomic E-state index is -0.184. The second-order valence-corrected chi connectivity index (χ2v) is 6.68. The third-order valence-electron chi connectivity index (χ3n) is 3.57. The average molecular weight is 341 g/mol. The molecule has 0 aliphatic rings. The van der Waals surface area contributed by atoms with Crippen LogP contribution in [-0.2, 0) is 13.1 Å². The molecular formula is C17H19N5OS. The Morgan fingerprint density at radius 3 is 2.54 bits per heavy atom. The molecule has 2 N–H and O–H groups in total. The van der Waals surface area contributed by atoms with E-state index in [1.54, 1.807) is 22.2 Å². The van der Waals surface area contributed by atoms with E-state index >= 15 is 0 Å². The van der Waals surface area contributed by atoms with Gasteiger partial charge in [0.25, 0.3) is 0 Å². The predicted molar refractivity (Wildman–Crippen MR) is 94.2 cm³/mol. The van der Waals surface area contributed by atoms with E-state index in [0.717, 1.165) is 26.8 Å². The lowest BCUT2D eigenvalue weighted by Gasteiger charge is -2.08. The monoisotopic (exact) mass is 341 g/mol. The summed E-state index contributed by atoms with van der Waals surface area (Å²) in [7, 11) is 0. The van der Waals surface area contributed by atoms with E-state index in [0.29, 0.717) is 13.1 Å². The van der Waals surface area contributed by atoms with Crippen molar-refractivity contribution in [3.8, 4) is 5.69 Å². The standard InChI is InChI=1S/C17H19N5OS/c1-12-16(24-13(2)21-12)11-19-17(23)18-10-14-4-6-15(7-5-14)22-9-3-8-20-22/h3-9H,10-11H2,1-2H3,(H2,18,19,23). The Balaban J connectivity index is 1.48. The number of carbonyl (C=O) groups is 1. The van der Waals surface area contributed by atoms with E-state index in [1.807, 2.05) is 50.4 Å². The molecule has 2 heterocycles. The highest BCUT2D eigenvalue weighted by Gasteiger charge is 2.07. The third kappa shape index (κ3) is 3.99. The zero-order valence-corrected chi connectivity index (χ0v) is 14.4. The highest BCUT2D eigenvalue weighted by molar-refractivity contribution is 7.11. The smallest absolute Gasteiger partial charge is 0.315 e. The Kier molecular flexibility index (Phi) is 4.90. The summed E-state index contributed by atoms with van der Waals surface area (Å²) in [5.74, 6) is 0. The molecule has 0 aliphatic heterocycles. The maximum absolute atomic E-state index is 11.9. The Bertz CT molecular complexity index is 808. The number of nitrogens with zero attached hydrogens (tertiary/aromatic N) is 3. The van der Waals surface area contributed by atoms with Crippen molar-refractivity contribution in [3.63, 3.8) is 0 Å². The molecule has 0 fully saturated rings. The van der Waals surface area contributed by atoms with E-state index in [4.69, 9.17) is 0 Å².